The highest BCUT2D eigenvalue weighted by Crippen LogP contribution is 2.18. The van der Waals surface area contributed by atoms with Gasteiger partial charge < -0.3 is 14.2 Å². The third-order valence-corrected chi connectivity index (χ3v) is 15.4. The minimum Gasteiger partial charge on any atom is -0.462 e. The van der Waals surface area contributed by atoms with Gasteiger partial charge in [-0.1, -0.05) is 325 Å². The van der Waals surface area contributed by atoms with Crippen molar-refractivity contribution in [2.45, 2.75) is 367 Å². The van der Waals surface area contributed by atoms with Crippen molar-refractivity contribution < 1.29 is 28.6 Å². The van der Waals surface area contributed by atoms with E-state index in [-0.39, 0.29) is 31.1 Å². The Hall–Kier alpha value is -3.15. The molecule has 0 aliphatic rings. The van der Waals surface area contributed by atoms with Gasteiger partial charge in [0.25, 0.3) is 0 Å². The van der Waals surface area contributed by atoms with Gasteiger partial charge >= 0.3 is 17.9 Å². The van der Waals surface area contributed by atoms with E-state index >= 15 is 0 Å². The van der Waals surface area contributed by atoms with Crippen LogP contribution in [-0.2, 0) is 28.6 Å². The van der Waals surface area contributed by atoms with E-state index in [9.17, 15) is 14.4 Å². The SMILES string of the molecule is CC/C=C\C/C=C\C/C=C\C/C=C\C/C=C\CCCCCCCCCCCCCCCC(=O)OCC(COC(=O)CCCCCCC/C=C\CCCCCCCC)OC(=O)CCCCCCCCCCCCCCCCCCCC. The summed E-state index contributed by atoms with van der Waals surface area (Å²) in [6, 6.07) is 0. The Balaban J connectivity index is 4.26. The van der Waals surface area contributed by atoms with Gasteiger partial charge in [0.1, 0.15) is 13.2 Å². The molecule has 0 radical (unpaired) electrons. The summed E-state index contributed by atoms with van der Waals surface area (Å²) < 4.78 is 17.0. The lowest BCUT2D eigenvalue weighted by molar-refractivity contribution is -0.167. The molecule has 80 heavy (non-hydrogen) atoms. The van der Waals surface area contributed by atoms with E-state index < -0.39 is 6.10 Å². The zero-order chi connectivity index (χ0) is 57.8. The molecule has 0 amide bonds. The van der Waals surface area contributed by atoms with Gasteiger partial charge in [0.05, 0.1) is 0 Å². The smallest absolute Gasteiger partial charge is 0.306 e. The third kappa shape index (κ3) is 65.7. The van der Waals surface area contributed by atoms with Gasteiger partial charge in [-0.2, -0.15) is 0 Å². The largest absolute Gasteiger partial charge is 0.462 e. The number of hydrogen-bond donors (Lipinski definition) is 0. The average molecular weight is 1120 g/mol. The first kappa shape index (κ1) is 76.9. The van der Waals surface area contributed by atoms with Gasteiger partial charge in [-0.15, -0.1) is 0 Å². The minimum atomic E-state index is -0.778. The molecule has 0 aromatic carbocycles. The maximum atomic E-state index is 12.9. The fourth-order valence-electron chi connectivity index (χ4n) is 10.2. The van der Waals surface area contributed by atoms with Crippen molar-refractivity contribution in [1.29, 1.82) is 0 Å². The average Bonchev–Trinajstić information content (AvgIpc) is 3.46. The van der Waals surface area contributed by atoms with Crippen molar-refractivity contribution in [3.05, 3.63) is 72.9 Å². The summed E-state index contributed by atoms with van der Waals surface area (Å²) in [4.78, 5) is 38.4. The number of esters is 3. The highest BCUT2D eigenvalue weighted by atomic mass is 16.6. The molecule has 0 rings (SSSR count). The summed E-state index contributed by atoms with van der Waals surface area (Å²) in [7, 11) is 0. The van der Waals surface area contributed by atoms with Gasteiger partial charge in [-0.3, -0.25) is 14.4 Å². The first-order valence-corrected chi connectivity index (χ1v) is 34.9. The number of unbranched alkanes of at least 4 members (excludes halogenated alkanes) is 41. The molecule has 0 aliphatic heterocycles. The highest BCUT2D eigenvalue weighted by molar-refractivity contribution is 5.71. The third-order valence-electron chi connectivity index (χ3n) is 15.4. The second-order valence-corrected chi connectivity index (χ2v) is 23.4. The van der Waals surface area contributed by atoms with Crippen LogP contribution in [0.3, 0.4) is 0 Å². The summed E-state index contributed by atoms with van der Waals surface area (Å²) in [5, 5.41) is 0. The van der Waals surface area contributed by atoms with Gasteiger partial charge in [0.15, 0.2) is 6.10 Å². The zero-order valence-electron chi connectivity index (χ0n) is 53.3. The Labute approximate surface area is 497 Å². The normalized spacial score (nSPS) is 12.5. The van der Waals surface area contributed by atoms with E-state index in [1.54, 1.807) is 0 Å². The second kappa shape index (κ2) is 68.3. The minimum absolute atomic E-state index is 0.0739. The molecule has 6 nitrogen and oxygen atoms in total. The van der Waals surface area contributed by atoms with Crippen LogP contribution in [0.4, 0.5) is 0 Å². The van der Waals surface area contributed by atoms with Gasteiger partial charge in [0, 0.05) is 19.3 Å². The van der Waals surface area contributed by atoms with Crippen molar-refractivity contribution in [3.8, 4) is 0 Å². The topological polar surface area (TPSA) is 78.9 Å². The van der Waals surface area contributed by atoms with Crippen LogP contribution in [0.25, 0.3) is 0 Å². The molecule has 0 heterocycles. The number of ether oxygens (including phenoxy) is 3. The molecule has 0 spiro atoms. The summed E-state index contributed by atoms with van der Waals surface area (Å²) in [5.41, 5.74) is 0. The van der Waals surface area contributed by atoms with Crippen molar-refractivity contribution in [2.24, 2.45) is 0 Å². The number of rotatable bonds is 64. The molecule has 0 aliphatic carbocycles. The molecular weight excluding hydrogens is 985 g/mol. The number of carbonyl (C=O) groups excluding carboxylic acids is 3. The van der Waals surface area contributed by atoms with Gasteiger partial charge in [-0.25, -0.2) is 0 Å². The second-order valence-electron chi connectivity index (χ2n) is 23.4. The Morgan fingerprint density at radius 2 is 0.487 bits per heavy atom. The van der Waals surface area contributed by atoms with Crippen LogP contribution in [0.5, 0.6) is 0 Å². The van der Waals surface area contributed by atoms with Crippen LogP contribution < -0.4 is 0 Å². The van der Waals surface area contributed by atoms with Crippen molar-refractivity contribution in [3.63, 3.8) is 0 Å². The summed E-state index contributed by atoms with van der Waals surface area (Å²) in [5.74, 6) is -0.860. The molecule has 0 bridgehead atoms. The molecule has 0 N–H and O–H groups in total. The van der Waals surface area contributed by atoms with E-state index in [0.717, 1.165) is 96.3 Å². The molecule has 0 aromatic rings. The first-order chi connectivity index (χ1) is 39.5. The van der Waals surface area contributed by atoms with Crippen molar-refractivity contribution in [2.75, 3.05) is 13.2 Å². The first-order valence-electron chi connectivity index (χ1n) is 34.9. The van der Waals surface area contributed by atoms with Crippen molar-refractivity contribution >= 4 is 17.9 Å². The fraction of sp³-hybridized carbons (Fsp3) is 0.797. The lowest BCUT2D eigenvalue weighted by atomic mass is 10.0. The quantitative estimate of drug-likeness (QED) is 0.0261. The predicted octanol–water partition coefficient (Wildman–Crippen LogP) is 24.1. The fourth-order valence-corrected chi connectivity index (χ4v) is 10.2. The van der Waals surface area contributed by atoms with Gasteiger partial charge in [-0.05, 0) is 89.9 Å². The van der Waals surface area contributed by atoms with Crippen LogP contribution in [0.15, 0.2) is 72.9 Å². The predicted molar refractivity (Wildman–Crippen MR) is 348 cm³/mol. The molecule has 1 unspecified atom stereocenters. The summed E-state index contributed by atoms with van der Waals surface area (Å²) >= 11 is 0. The molecule has 0 saturated carbocycles. The Kier molecular flexibility index (Phi) is 65.7. The lowest BCUT2D eigenvalue weighted by Crippen LogP contribution is -2.30. The molecular formula is C74H132O6. The van der Waals surface area contributed by atoms with Crippen LogP contribution in [0.2, 0.25) is 0 Å². The maximum Gasteiger partial charge on any atom is 0.306 e. The van der Waals surface area contributed by atoms with E-state index in [2.05, 4.69) is 93.7 Å². The maximum absolute atomic E-state index is 12.9. The van der Waals surface area contributed by atoms with Crippen LogP contribution in [0, 0.1) is 0 Å². The standard InChI is InChI=1S/C74H132O6/c1-4-7-10-13-16-19-22-25-28-30-32-33-34-35-36-37-38-39-40-41-42-44-46-49-52-55-58-61-64-67-73(76)79-70-71(69-78-72(75)66-63-60-57-54-51-48-45-27-24-21-18-15-12-9-6-3)80-74(77)68-65-62-59-56-53-50-47-43-31-29-26-23-20-17-14-11-8-5-2/h7,10,16,19,25,27-28,32-33,35-36,45,71H,4-6,8-9,11-15,17-18,20-24,26,29-31,34,37-44,46-70H2,1-3H3/b10-7-,19-16-,28-25-,33-32-,36-35-,45-27-. The highest BCUT2D eigenvalue weighted by Gasteiger charge is 2.19. The van der Waals surface area contributed by atoms with Crippen LogP contribution in [-0.4, -0.2) is 37.2 Å². The van der Waals surface area contributed by atoms with Crippen LogP contribution >= 0.6 is 0 Å². The molecule has 0 aromatic heterocycles. The molecule has 464 valence electrons. The summed E-state index contributed by atoms with van der Waals surface area (Å²) in [6.45, 7) is 6.57. The summed E-state index contributed by atoms with van der Waals surface area (Å²) in [6.07, 6.45) is 89.2. The number of hydrogen-bond acceptors (Lipinski definition) is 6. The number of allylic oxidation sites excluding steroid dienone is 12. The van der Waals surface area contributed by atoms with E-state index in [0.29, 0.717) is 19.3 Å². The number of carbonyl (C=O) groups is 3. The Morgan fingerprint density at radius 3 is 0.775 bits per heavy atom. The zero-order valence-corrected chi connectivity index (χ0v) is 53.3. The molecule has 0 saturated heterocycles. The monoisotopic (exact) mass is 1120 g/mol. The van der Waals surface area contributed by atoms with E-state index in [1.165, 1.54) is 225 Å². The van der Waals surface area contributed by atoms with E-state index in [1.807, 2.05) is 0 Å². The van der Waals surface area contributed by atoms with Gasteiger partial charge in [0.2, 0.25) is 0 Å². The lowest BCUT2D eigenvalue weighted by Gasteiger charge is -2.18. The van der Waals surface area contributed by atoms with E-state index in [4.69, 9.17) is 14.2 Å². The molecule has 6 heteroatoms. The van der Waals surface area contributed by atoms with Crippen molar-refractivity contribution in [1.82, 2.24) is 0 Å². The Bertz CT molecular complexity index is 1470. The Morgan fingerprint density at radius 1 is 0.263 bits per heavy atom. The molecule has 1 atom stereocenters. The molecule has 0 fully saturated rings. The van der Waals surface area contributed by atoms with Crippen LogP contribution in [0.1, 0.15) is 361 Å².